The monoisotopic (exact) mass is 323 g/mol. The van der Waals surface area contributed by atoms with Gasteiger partial charge in [0.2, 0.25) is 0 Å². The fourth-order valence-corrected chi connectivity index (χ4v) is 3.36. The van der Waals surface area contributed by atoms with Crippen LogP contribution in [0.1, 0.15) is 20.8 Å². The summed E-state index contributed by atoms with van der Waals surface area (Å²) in [5, 5.41) is 0.792. The standard InChI is InChI=1S/C15H23N4O2S/c1-9(2)7-19-11-12(16-14(19)22-8-10(3)4)17(5)15(21)18(6)13(11)20/h10-11H,1,7-8H2,2-6H3/q+1. The quantitative estimate of drug-likeness (QED) is 0.583. The van der Waals surface area contributed by atoms with E-state index < -0.39 is 6.04 Å². The van der Waals surface area contributed by atoms with E-state index >= 15 is 0 Å². The van der Waals surface area contributed by atoms with E-state index in [1.54, 1.807) is 18.8 Å². The predicted molar refractivity (Wildman–Crippen MR) is 89.4 cm³/mol. The van der Waals surface area contributed by atoms with Crippen LogP contribution in [0.2, 0.25) is 0 Å². The van der Waals surface area contributed by atoms with Crippen LogP contribution in [0.5, 0.6) is 0 Å². The normalized spacial score (nSPS) is 21.7. The first-order chi connectivity index (χ1) is 10.2. The summed E-state index contributed by atoms with van der Waals surface area (Å²) in [6, 6.07) is -0.871. The van der Waals surface area contributed by atoms with Gasteiger partial charge in [-0.3, -0.25) is 14.6 Å². The maximum Gasteiger partial charge on any atom is 0.358 e. The average molecular weight is 323 g/mol. The van der Waals surface area contributed by atoms with E-state index in [2.05, 4.69) is 25.4 Å². The molecule has 1 fully saturated rings. The summed E-state index contributed by atoms with van der Waals surface area (Å²) in [5.74, 6) is 1.71. The fraction of sp³-hybridized carbons (Fsp3) is 0.600. The van der Waals surface area contributed by atoms with Gasteiger partial charge in [0.05, 0.1) is 0 Å². The van der Waals surface area contributed by atoms with E-state index in [4.69, 9.17) is 0 Å². The van der Waals surface area contributed by atoms with E-state index in [9.17, 15) is 9.59 Å². The Hall–Kier alpha value is -1.63. The third kappa shape index (κ3) is 2.95. The summed E-state index contributed by atoms with van der Waals surface area (Å²) >= 11 is 1.62. The van der Waals surface area contributed by atoms with Gasteiger partial charge in [-0.15, -0.1) is 0 Å². The summed E-state index contributed by atoms with van der Waals surface area (Å²) in [6.07, 6.45) is 0. The molecule has 0 aliphatic carbocycles. The topological polar surface area (TPSA) is 56.0 Å². The van der Waals surface area contributed by atoms with Crippen molar-refractivity contribution in [2.24, 2.45) is 10.9 Å². The van der Waals surface area contributed by atoms with Crippen molar-refractivity contribution in [3.05, 3.63) is 12.2 Å². The van der Waals surface area contributed by atoms with Gasteiger partial charge in [-0.2, -0.15) is 0 Å². The highest BCUT2D eigenvalue weighted by Gasteiger charge is 2.53. The number of imide groups is 1. The molecule has 1 unspecified atom stereocenters. The zero-order valence-corrected chi connectivity index (χ0v) is 14.6. The van der Waals surface area contributed by atoms with E-state index in [1.807, 2.05) is 11.5 Å². The summed E-state index contributed by atoms with van der Waals surface area (Å²) in [4.78, 5) is 31.8. The minimum absolute atomic E-state index is 0.233. The Morgan fingerprint density at radius 2 is 2.00 bits per heavy atom. The molecule has 0 N–H and O–H groups in total. The molecule has 1 atom stereocenters. The van der Waals surface area contributed by atoms with Crippen LogP contribution in [0.4, 0.5) is 4.79 Å². The maximum atomic E-state index is 12.5. The number of likely N-dealkylation sites (N-methyl/N-ethyl adjacent to an activating group) is 2. The Kier molecular flexibility index (Phi) is 4.75. The van der Waals surface area contributed by atoms with E-state index in [-0.39, 0.29) is 11.9 Å². The lowest BCUT2D eigenvalue weighted by Gasteiger charge is -2.30. The molecule has 2 rings (SSSR count). The van der Waals surface area contributed by atoms with E-state index in [0.717, 1.165) is 21.4 Å². The number of hydrogen-bond donors (Lipinski definition) is 0. The molecule has 6 nitrogen and oxygen atoms in total. The first-order valence-electron chi connectivity index (χ1n) is 7.28. The molecule has 7 heteroatoms. The van der Waals surface area contributed by atoms with Gasteiger partial charge in [-0.05, 0) is 35.2 Å². The van der Waals surface area contributed by atoms with Crippen molar-refractivity contribution in [1.29, 1.82) is 0 Å². The number of fused-ring (bicyclic) bond motifs is 1. The summed E-state index contributed by atoms with van der Waals surface area (Å²) in [7, 11) is 3.17. The third-order valence-corrected chi connectivity index (χ3v) is 4.90. The second-order valence-electron chi connectivity index (χ2n) is 6.18. The van der Waals surface area contributed by atoms with Gasteiger partial charge >= 0.3 is 11.2 Å². The molecule has 2 aliphatic rings. The largest absolute Gasteiger partial charge is 0.358 e. The number of nitrogens with zero attached hydrogens (tertiary/aromatic N) is 4. The van der Waals surface area contributed by atoms with Crippen LogP contribution >= 0.6 is 11.8 Å². The van der Waals surface area contributed by atoms with Crippen molar-refractivity contribution in [2.75, 3.05) is 26.4 Å². The Labute approximate surface area is 135 Å². The van der Waals surface area contributed by atoms with Crippen molar-refractivity contribution in [1.82, 2.24) is 9.80 Å². The number of urea groups is 1. The summed E-state index contributed by atoms with van der Waals surface area (Å²) < 4.78 is 1.95. The molecule has 1 saturated heterocycles. The smallest absolute Gasteiger partial charge is 0.269 e. The number of thioether (sulfide) groups is 1. The zero-order chi connectivity index (χ0) is 16.6. The van der Waals surface area contributed by atoms with Gasteiger partial charge in [-0.1, -0.05) is 20.4 Å². The predicted octanol–water partition coefficient (Wildman–Crippen LogP) is 1.62. The SMILES string of the molecule is C=C(C)C[N+]1=C(SCC(C)C)N=C2C1C(=O)N(C)C(=O)N2C. The molecule has 0 radical (unpaired) electrons. The summed E-state index contributed by atoms with van der Waals surface area (Å²) in [6.45, 7) is 10.7. The lowest BCUT2D eigenvalue weighted by atomic mass is 10.1. The molecule has 0 aromatic rings. The molecule has 0 saturated carbocycles. The Morgan fingerprint density at radius 3 is 2.55 bits per heavy atom. The highest BCUT2D eigenvalue weighted by atomic mass is 32.2. The number of rotatable bonds is 4. The number of amides is 3. The number of carbonyl (C=O) groups excluding carboxylic acids is 2. The second kappa shape index (κ2) is 6.24. The molecule has 0 spiro atoms. The summed E-state index contributed by atoms with van der Waals surface area (Å²) in [5.41, 5.74) is 0.953. The van der Waals surface area contributed by atoms with Gasteiger partial charge in [0.25, 0.3) is 17.8 Å². The van der Waals surface area contributed by atoms with Crippen molar-refractivity contribution in [3.63, 3.8) is 0 Å². The highest BCUT2D eigenvalue weighted by molar-refractivity contribution is 8.13. The van der Waals surface area contributed by atoms with Crippen LogP contribution in [-0.2, 0) is 4.79 Å². The molecule has 0 aromatic carbocycles. The molecule has 2 heterocycles. The number of aliphatic imine (C=N–C) groups is 1. The second-order valence-corrected chi connectivity index (χ2v) is 7.17. The molecular weight excluding hydrogens is 300 g/mol. The fourth-order valence-electron chi connectivity index (χ4n) is 2.38. The van der Waals surface area contributed by atoms with Crippen molar-refractivity contribution in [2.45, 2.75) is 26.8 Å². The van der Waals surface area contributed by atoms with Crippen LogP contribution in [0, 0.1) is 5.92 Å². The Balaban J connectivity index is 2.40. The molecule has 0 bridgehead atoms. The first kappa shape index (κ1) is 16.7. The Bertz CT molecular complexity index is 594. The molecule has 0 aromatic heterocycles. The molecule has 2 aliphatic heterocycles. The van der Waals surface area contributed by atoms with E-state index in [0.29, 0.717) is 18.3 Å². The maximum absolute atomic E-state index is 12.5. The first-order valence-corrected chi connectivity index (χ1v) is 8.27. The number of hydrogen-bond acceptors (Lipinski definition) is 4. The highest BCUT2D eigenvalue weighted by Crippen LogP contribution is 2.24. The van der Waals surface area contributed by atoms with Crippen LogP contribution in [-0.4, -0.2) is 69.8 Å². The van der Waals surface area contributed by atoms with Gasteiger partial charge in [0.15, 0.2) is 0 Å². The molecule has 3 amide bonds. The van der Waals surface area contributed by atoms with E-state index in [1.165, 1.54) is 11.9 Å². The van der Waals surface area contributed by atoms with Gasteiger partial charge in [0, 0.05) is 19.8 Å². The zero-order valence-electron chi connectivity index (χ0n) is 13.8. The van der Waals surface area contributed by atoms with Crippen LogP contribution < -0.4 is 0 Å². The minimum Gasteiger partial charge on any atom is -0.269 e. The molecular formula is C15H23N4O2S+. The molecule has 22 heavy (non-hydrogen) atoms. The Morgan fingerprint density at radius 1 is 1.36 bits per heavy atom. The van der Waals surface area contributed by atoms with Crippen LogP contribution in [0.3, 0.4) is 0 Å². The number of carbonyl (C=O) groups is 2. The van der Waals surface area contributed by atoms with Crippen LogP contribution in [0.15, 0.2) is 17.1 Å². The van der Waals surface area contributed by atoms with Gasteiger partial charge in [-0.25, -0.2) is 9.37 Å². The minimum atomic E-state index is -0.529. The van der Waals surface area contributed by atoms with Gasteiger partial charge < -0.3 is 0 Å². The van der Waals surface area contributed by atoms with Crippen molar-refractivity contribution >= 4 is 34.7 Å². The lowest BCUT2D eigenvalue weighted by Crippen LogP contribution is -2.61. The third-order valence-electron chi connectivity index (χ3n) is 3.48. The van der Waals surface area contributed by atoms with Crippen LogP contribution in [0.25, 0.3) is 0 Å². The average Bonchev–Trinajstić information content (AvgIpc) is 2.78. The van der Waals surface area contributed by atoms with Crippen molar-refractivity contribution in [3.8, 4) is 0 Å². The van der Waals surface area contributed by atoms with Gasteiger partial charge in [0.1, 0.15) is 6.54 Å². The van der Waals surface area contributed by atoms with Crippen molar-refractivity contribution < 1.29 is 14.2 Å². The number of amidine groups is 2. The molecule has 120 valence electrons. The lowest BCUT2D eigenvalue weighted by molar-refractivity contribution is -0.524.